The van der Waals surface area contributed by atoms with Gasteiger partial charge in [-0.05, 0) is 49.2 Å². The Morgan fingerprint density at radius 1 is 1.00 bits per heavy atom. The lowest BCUT2D eigenvalue weighted by Crippen LogP contribution is -2.26. The number of sulfonamides is 1. The van der Waals surface area contributed by atoms with Gasteiger partial charge in [0.05, 0.1) is 13.7 Å². The van der Waals surface area contributed by atoms with E-state index in [0.29, 0.717) is 11.4 Å². The van der Waals surface area contributed by atoms with Crippen molar-refractivity contribution in [1.82, 2.24) is 4.72 Å². The third-order valence-corrected chi connectivity index (χ3v) is 6.04. The van der Waals surface area contributed by atoms with Crippen molar-refractivity contribution in [3.63, 3.8) is 0 Å². The third kappa shape index (κ3) is 6.42. The quantitative estimate of drug-likeness (QED) is 0.461. The molecule has 0 heterocycles. The number of hydrogen-bond donors (Lipinski definition) is 3. The average Bonchev–Trinajstić information content (AvgIpc) is 3.57. The van der Waals surface area contributed by atoms with Gasteiger partial charge in [0.2, 0.25) is 10.0 Å². The monoisotopic (exact) mass is 463 g/mol. The standard InChI is InChI=1S/C21H25N3O7S/c1-29-10-11-31-21(26)23-17-5-3-4-16(13-17)22-20(25)14-6-9-18(30-2)19(12-14)32(27,28)24-15-7-8-15/h3-6,9,12-13,15,24H,7-8,10-11H2,1-2H3,(H,22,25)(H,23,26). The summed E-state index contributed by atoms with van der Waals surface area (Å²) in [5.41, 5.74) is 0.956. The molecule has 0 bridgehead atoms. The Morgan fingerprint density at radius 2 is 1.72 bits per heavy atom. The van der Waals surface area contributed by atoms with Crippen LogP contribution in [0.25, 0.3) is 0 Å². The highest BCUT2D eigenvalue weighted by molar-refractivity contribution is 7.89. The Hall–Kier alpha value is -3.15. The maximum absolute atomic E-state index is 12.7. The molecule has 1 saturated carbocycles. The van der Waals surface area contributed by atoms with Crippen LogP contribution in [0.5, 0.6) is 5.75 Å². The highest BCUT2D eigenvalue weighted by Gasteiger charge is 2.30. The summed E-state index contributed by atoms with van der Waals surface area (Å²) in [6, 6.07) is 10.6. The number of nitrogens with one attached hydrogen (secondary N) is 3. The van der Waals surface area contributed by atoms with Gasteiger partial charge in [-0.2, -0.15) is 0 Å². The first-order chi connectivity index (χ1) is 15.3. The fourth-order valence-corrected chi connectivity index (χ4v) is 4.26. The highest BCUT2D eigenvalue weighted by Crippen LogP contribution is 2.28. The van der Waals surface area contributed by atoms with Gasteiger partial charge in [-0.3, -0.25) is 10.1 Å². The summed E-state index contributed by atoms with van der Waals surface area (Å²) >= 11 is 0. The summed E-state index contributed by atoms with van der Waals surface area (Å²) in [5, 5.41) is 5.24. The van der Waals surface area contributed by atoms with Crippen LogP contribution in [0.2, 0.25) is 0 Å². The van der Waals surface area contributed by atoms with Crippen molar-refractivity contribution in [2.45, 2.75) is 23.8 Å². The fraction of sp³-hybridized carbons (Fsp3) is 0.333. The Balaban J connectivity index is 1.72. The Morgan fingerprint density at radius 3 is 2.38 bits per heavy atom. The van der Waals surface area contributed by atoms with E-state index in [1.54, 1.807) is 24.3 Å². The first-order valence-corrected chi connectivity index (χ1v) is 11.3. The summed E-state index contributed by atoms with van der Waals surface area (Å²) in [6.45, 7) is 0.385. The Kier molecular flexibility index (Phi) is 7.67. The van der Waals surface area contributed by atoms with E-state index in [-0.39, 0.29) is 35.5 Å². The van der Waals surface area contributed by atoms with Crippen molar-refractivity contribution in [2.75, 3.05) is 38.1 Å². The second-order valence-corrected chi connectivity index (χ2v) is 8.73. The van der Waals surface area contributed by atoms with Gasteiger partial charge in [0.15, 0.2) is 0 Å². The minimum atomic E-state index is -3.82. The van der Waals surface area contributed by atoms with Gasteiger partial charge in [-0.1, -0.05) is 6.07 Å². The van der Waals surface area contributed by atoms with E-state index < -0.39 is 22.0 Å². The van der Waals surface area contributed by atoms with Crippen molar-refractivity contribution < 1.29 is 32.2 Å². The minimum absolute atomic E-state index is 0.0846. The predicted octanol–water partition coefficient (Wildman–Crippen LogP) is 2.58. The van der Waals surface area contributed by atoms with E-state index in [4.69, 9.17) is 14.2 Å². The second-order valence-electron chi connectivity index (χ2n) is 7.05. The largest absolute Gasteiger partial charge is 0.495 e. The first kappa shape index (κ1) is 23.5. The van der Waals surface area contributed by atoms with Gasteiger partial charge in [-0.25, -0.2) is 17.9 Å². The highest BCUT2D eigenvalue weighted by atomic mass is 32.2. The van der Waals surface area contributed by atoms with Crippen molar-refractivity contribution >= 4 is 33.4 Å². The van der Waals surface area contributed by atoms with Gasteiger partial charge < -0.3 is 19.5 Å². The van der Waals surface area contributed by atoms with E-state index in [9.17, 15) is 18.0 Å². The summed E-state index contributed by atoms with van der Waals surface area (Å²) in [6.07, 6.45) is 0.914. The molecule has 0 radical (unpaired) electrons. The molecule has 3 rings (SSSR count). The number of carbonyl (C=O) groups excluding carboxylic acids is 2. The van der Waals surface area contributed by atoms with Crippen molar-refractivity contribution in [3.05, 3.63) is 48.0 Å². The van der Waals surface area contributed by atoms with E-state index in [1.807, 2.05) is 0 Å². The van der Waals surface area contributed by atoms with Gasteiger partial charge in [-0.15, -0.1) is 0 Å². The molecule has 10 nitrogen and oxygen atoms in total. The van der Waals surface area contributed by atoms with Crippen LogP contribution < -0.4 is 20.1 Å². The average molecular weight is 464 g/mol. The maximum Gasteiger partial charge on any atom is 0.411 e. The number of carbonyl (C=O) groups is 2. The lowest BCUT2D eigenvalue weighted by Gasteiger charge is -2.13. The molecular weight excluding hydrogens is 438 g/mol. The lowest BCUT2D eigenvalue weighted by atomic mass is 10.2. The van der Waals surface area contributed by atoms with E-state index in [1.165, 1.54) is 32.4 Å². The molecule has 32 heavy (non-hydrogen) atoms. The fourth-order valence-electron chi connectivity index (χ4n) is 2.76. The number of ether oxygens (including phenoxy) is 3. The number of methoxy groups -OCH3 is 2. The molecular formula is C21H25N3O7S. The van der Waals surface area contributed by atoms with Crippen LogP contribution >= 0.6 is 0 Å². The number of benzene rings is 2. The molecule has 0 spiro atoms. The van der Waals surface area contributed by atoms with Crippen LogP contribution in [0.15, 0.2) is 47.4 Å². The van der Waals surface area contributed by atoms with Gasteiger partial charge in [0.1, 0.15) is 17.3 Å². The second kappa shape index (κ2) is 10.4. The zero-order valence-corrected chi connectivity index (χ0v) is 18.5. The topological polar surface area (TPSA) is 132 Å². The molecule has 0 aromatic heterocycles. The molecule has 0 atom stereocenters. The summed E-state index contributed by atoms with van der Waals surface area (Å²) < 4.78 is 42.8. The predicted molar refractivity (Wildman–Crippen MR) is 118 cm³/mol. The zero-order valence-electron chi connectivity index (χ0n) is 17.7. The lowest BCUT2D eigenvalue weighted by molar-refractivity contribution is 0.102. The molecule has 2 aromatic carbocycles. The Labute approximate surface area is 186 Å². The number of hydrogen-bond acceptors (Lipinski definition) is 7. The van der Waals surface area contributed by atoms with Crippen molar-refractivity contribution in [2.24, 2.45) is 0 Å². The van der Waals surface area contributed by atoms with Crippen molar-refractivity contribution in [3.8, 4) is 5.75 Å². The third-order valence-electron chi connectivity index (χ3n) is 4.50. The molecule has 1 aliphatic rings. The molecule has 172 valence electrons. The molecule has 11 heteroatoms. The van der Waals surface area contributed by atoms with Gasteiger partial charge in [0.25, 0.3) is 5.91 Å². The van der Waals surface area contributed by atoms with Gasteiger partial charge >= 0.3 is 6.09 Å². The molecule has 3 N–H and O–H groups in total. The SMILES string of the molecule is COCCOC(=O)Nc1cccc(NC(=O)c2ccc(OC)c(S(=O)(=O)NC3CC3)c2)c1. The van der Waals surface area contributed by atoms with Crippen LogP contribution in [0.3, 0.4) is 0 Å². The van der Waals surface area contributed by atoms with Crippen LogP contribution in [0.4, 0.5) is 16.2 Å². The summed E-state index contributed by atoms with van der Waals surface area (Å²) in [5.74, 6) is -0.372. The maximum atomic E-state index is 12.7. The molecule has 1 aliphatic carbocycles. The van der Waals surface area contributed by atoms with Gasteiger partial charge in [0, 0.05) is 30.1 Å². The molecule has 0 saturated heterocycles. The van der Waals surface area contributed by atoms with Crippen LogP contribution in [-0.4, -0.2) is 53.9 Å². The van der Waals surface area contributed by atoms with Crippen molar-refractivity contribution in [1.29, 1.82) is 0 Å². The molecule has 2 amide bonds. The van der Waals surface area contributed by atoms with E-state index in [0.717, 1.165) is 12.8 Å². The number of anilines is 2. The smallest absolute Gasteiger partial charge is 0.411 e. The normalized spacial score (nSPS) is 13.3. The van der Waals surface area contributed by atoms with Crippen LogP contribution in [-0.2, 0) is 19.5 Å². The summed E-state index contributed by atoms with van der Waals surface area (Å²) in [4.78, 5) is 24.4. The number of rotatable bonds is 10. The van der Waals surface area contributed by atoms with Crippen LogP contribution in [0, 0.1) is 0 Å². The molecule has 0 unspecified atom stereocenters. The minimum Gasteiger partial charge on any atom is -0.495 e. The van der Waals surface area contributed by atoms with E-state index in [2.05, 4.69) is 15.4 Å². The zero-order chi connectivity index (χ0) is 23.1. The Bertz CT molecular complexity index is 1080. The van der Waals surface area contributed by atoms with Crippen LogP contribution in [0.1, 0.15) is 23.2 Å². The summed E-state index contributed by atoms with van der Waals surface area (Å²) in [7, 11) is -0.961. The molecule has 2 aromatic rings. The van der Waals surface area contributed by atoms with E-state index >= 15 is 0 Å². The number of amides is 2. The molecule has 1 fully saturated rings. The first-order valence-electron chi connectivity index (χ1n) is 9.87. The molecule has 0 aliphatic heterocycles.